The quantitative estimate of drug-likeness (QED) is 0.809. The third kappa shape index (κ3) is 5.24. The Balaban J connectivity index is 0.00000225. The number of Topliss-reactive ketones (excluding diaryl/α,β-unsaturated/α-hetero) is 1. The third-order valence-electron chi connectivity index (χ3n) is 2.00. The number of carbonyl (C=O) groups excluding carboxylic acids is 1. The summed E-state index contributed by atoms with van der Waals surface area (Å²) in [7, 11) is 0. The Labute approximate surface area is 102 Å². The van der Waals surface area contributed by atoms with Crippen LogP contribution in [0.1, 0.15) is 24.2 Å². The predicted molar refractivity (Wildman–Crippen MR) is 65.7 cm³/mol. The molecule has 0 heterocycles. The Morgan fingerprint density at radius 2 is 1.88 bits per heavy atom. The maximum atomic E-state index is 12.6. The molecule has 0 saturated heterocycles. The van der Waals surface area contributed by atoms with Crippen LogP contribution >= 0.6 is 12.4 Å². The second-order valence-electron chi connectivity index (χ2n) is 3.95. The summed E-state index contributed by atoms with van der Waals surface area (Å²) in [5, 5.41) is 3.05. The average Bonchev–Trinajstić information content (AvgIpc) is 2.18. The zero-order valence-corrected chi connectivity index (χ0v) is 10.3. The highest BCUT2D eigenvalue weighted by Gasteiger charge is 2.05. The molecule has 2 nitrogen and oxygen atoms in total. The van der Waals surface area contributed by atoms with E-state index in [0.717, 1.165) is 6.54 Å². The van der Waals surface area contributed by atoms with Crippen LogP contribution in [-0.2, 0) is 0 Å². The van der Waals surface area contributed by atoms with Crippen LogP contribution < -0.4 is 5.32 Å². The van der Waals surface area contributed by atoms with Gasteiger partial charge in [0, 0.05) is 5.56 Å². The van der Waals surface area contributed by atoms with Crippen LogP contribution in [0, 0.1) is 11.7 Å². The van der Waals surface area contributed by atoms with Crippen molar-refractivity contribution in [2.24, 2.45) is 5.92 Å². The molecule has 1 N–H and O–H groups in total. The van der Waals surface area contributed by atoms with Crippen molar-refractivity contribution in [1.82, 2.24) is 5.32 Å². The van der Waals surface area contributed by atoms with E-state index in [1.54, 1.807) is 0 Å². The summed E-state index contributed by atoms with van der Waals surface area (Å²) in [5.74, 6) is 0.198. The van der Waals surface area contributed by atoms with Crippen molar-refractivity contribution >= 4 is 18.2 Å². The number of benzene rings is 1. The number of rotatable bonds is 5. The van der Waals surface area contributed by atoms with E-state index < -0.39 is 0 Å². The van der Waals surface area contributed by atoms with Gasteiger partial charge in [0.25, 0.3) is 0 Å². The van der Waals surface area contributed by atoms with Crippen LogP contribution in [0.4, 0.5) is 4.39 Å². The first-order valence-electron chi connectivity index (χ1n) is 5.09. The first kappa shape index (κ1) is 15.1. The van der Waals surface area contributed by atoms with Gasteiger partial charge in [-0.1, -0.05) is 13.8 Å². The van der Waals surface area contributed by atoms with Crippen molar-refractivity contribution in [2.75, 3.05) is 13.1 Å². The van der Waals surface area contributed by atoms with Gasteiger partial charge in [0.1, 0.15) is 5.82 Å². The zero-order valence-electron chi connectivity index (χ0n) is 9.50. The summed E-state index contributed by atoms with van der Waals surface area (Å²) in [4.78, 5) is 11.6. The molecule has 0 amide bonds. The Bertz CT molecular complexity index is 324. The Hall–Kier alpha value is -0.930. The fourth-order valence-corrected chi connectivity index (χ4v) is 1.21. The molecule has 0 aromatic heterocycles. The van der Waals surface area contributed by atoms with Crippen molar-refractivity contribution in [3.8, 4) is 0 Å². The summed E-state index contributed by atoms with van der Waals surface area (Å²) in [6.07, 6.45) is 0. The van der Waals surface area contributed by atoms with E-state index in [9.17, 15) is 9.18 Å². The molecule has 1 aromatic rings. The standard InChI is InChI=1S/C12H16FNO.ClH/c1-9(2)7-14-8-12(15)10-3-5-11(13)6-4-10;/h3-6,9,14H,7-8H2,1-2H3;1H. The minimum atomic E-state index is -0.318. The van der Waals surface area contributed by atoms with Crippen molar-refractivity contribution in [2.45, 2.75) is 13.8 Å². The van der Waals surface area contributed by atoms with Gasteiger partial charge in [-0.05, 0) is 36.7 Å². The van der Waals surface area contributed by atoms with E-state index in [1.807, 2.05) is 0 Å². The molecule has 4 heteroatoms. The fraction of sp³-hybridized carbons (Fsp3) is 0.417. The Morgan fingerprint density at radius 1 is 1.31 bits per heavy atom. The van der Waals surface area contributed by atoms with Gasteiger partial charge in [0.05, 0.1) is 6.54 Å². The minimum absolute atomic E-state index is 0. The van der Waals surface area contributed by atoms with Gasteiger partial charge in [0.15, 0.2) is 5.78 Å². The number of carbonyl (C=O) groups is 1. The lowest BCUT2D eigenvalue weighted by Crippen LogP contribution is -2.26. The van der Waals surface area contributed by atoms with Crippen molar-refractivity contribution < 1.29 is 9.18 Å². The number of hydrogen-bond acceptors (Lipinski definition) is 2. The molecule has 0 bridgehead atoms. The second kappa shape index (κ2) is 7.36. The molecule has 90 valence electrons. The Morgan fingerprint density at radius 3 is 2.38 bits per heavy atom. The number of hydrogen-bond donors (Lipinski definition) is 1. The highest BCUT2D eigenvalue weighted by molar-refractivity contribution is 5.97. The summed E-state index contributed by atoms with van der Waals surface area (Å²) in [6.45, 7) is 5.28. The molecule has 0 fully saturated rings. The summed E-state index contributed by atoms with van der Waals surface area (Å²) < 4.78 is 12.6. The molecule has 0 aliphatic heterocycles. The summed E-state index contributed by atoms with van der Waals surface area (Å²) in [6, 6.07) is 5.62. The topological polar surface area (TPSA) is 29.1 Å². The normalized spacial score (nSPS) is 10.0. The molecule has 0 radical (unpaired) electrons. The highest BCUT2D eigenvalue weighted by Crippen LogP contribution is 2.03. The maximum Gasteiger partial charge on any atom is 0.176 e. The highest BCUT2D eigenvalue weighted by atomic mass is 35.5. The Kier molecular flexibility index (Phi) is 6.93. The van der Waals surface area contributed by atoms with Crippen LogP contribution in [0.2, 0.25) is 0 Å². The van der Waals surface area contributed by atoms with E-state index >= 15 is 0 Å². The maximum absolute atomic E-state index is 12.6. The van der Waals surface area contributed by atoms with Gasteiger partial charge < -0.3 is 5.32 Å². The van der Waals surface area contributed by atoms with Crippen LogP contribution in [0.3, 0.4) is 0 Å². The predicted octanol–water partition coefficient (Wildman–Crippen LogP) is 2.68. The van der Waals surface area contributed by atoms with Crippen LogP contribution in [0.25, 0.3) is 0 Å². The van der Waals surface area contributed by atoms with Gasteiger partial charge in [-0.25, -0.2) is 4.39 Å². The van der Waals surface area contributed by atoms with Crippen LogP contribution in [0.15, 0.2) is 24.3 Å². The van der Waals surface area contributed by atoms with Crippen LogP contribution in [0.5, 0.6) is 0 Å². The lowest BCUT2D eigenvalue weighted by molar-refractivity contribution is 0.0990. The molecule has 0 aliphatic rings. The number of halogens is 2. The van der Waals surface area contributed by atoms with Gasteiger partial charge >= 0.3 is 0 Å². The monoisotopic (exact) mass is 245 g/mol. The molecule has 16 heavy (non-hydrogen) atoms. The first-order chi connectivity index (χ1) is 7.09. The van der Waals surface area contributed by atoms with Crippen molar-refractivity contribution in [3.63, 3.8) is 0 Å². The largest absolute Gasteiger partial charge is 0.309 e. The average molecular weight is 246 g/mol. The van der Waals surface area contributed by atoms with E-state index in [2.05, 4.69) is 19.2 Å². The molecular weight excluding hydrogens is 229 g/mol. The minimum Gasteiger partial charge on any atom is -0.309 e. The van der Waals surface area contributed by atoms with Crippen LogP contribution in [-0.4, -0.2) is 18.9 Å². The zero-order chi connectivity index (χ0) is 11.3. The summed E-state index contributed by atoms with van der Waals surface area (Å²) in [5.41, 5.74) is 0.549. The SMILES string of the molecule is CC(C)CNCC(=O)c1ccc(F)cc1.Cl. The molecule has 0 aliphatic carbocycles. The lowest BCUT2D eigenvalue weighted by atomic mass is 10.1. The molecule has 0 spiro atoms. The van der Waals surface area contributed by atoms with E-state index in [4.69, 9.17) is 0 Å². The lowest BCUT2D eigenvalue weighted by Gasteiger charge is -2.06. The van der Waals surface area contributed by atoms with E-state index in [1.165, 1.54) is 24.3 Å². The molecular formula is C12H17ClFNO. The van der Waals surface area contributed by atoms with Crippen molar-refractivity contribution in [1.29, 1.82) is 0 Å². The second-order valence-corrected chi connectivity index (χ2v) is 3.95. The van der Waals surface area contributed by atoms with Gasteiger partial charge in [-0.3, -0.25) is 4.79 Å². The molecule has 0 atom stereocenters. The summed E-state index contributed by atoms with van der Waals surface area (Å²) >= 11 is 0. The van der Waals surface area contributed by atoms with Gasteiger partial charge in [-0.2, -0.15) is 0 Å². The molecule has 1 aromatic carbocycles. The number of ketones is 1. The molecule has 0 unspecified atom stereocenters. The first-order valence-corrected chi connectivity index (χ1v) is 5.09. The van der Waals surface area contributed by atoms with E-state index in [0.29, 0.717) is 18.0 Å². The van der Waals surface area contributed by atoms with E-state index in [-0.39, 0.29) is 24.0 Å². The fourth-order valence-electron chi connectivity index (χ4n) is 1.21. The molecule has 1 rings (SSSR count). The smallest absolute Gasteiger partial charge is 0.176 e. The van der Waals surface area contributed by atoms with Gasteiger partial charge in [0.2, 0.25) is 0 Å². The van der Waals surface area contributed by atoms with Gasteiger partial charge in [-0.15, -0.1) is 12.4 Å². The third-order valence-corrected chi connectivity index (χ3v) is 2.00. The van der Waals surface area contributed by atoms with Crippen molar-refractivity contribution in [3.05, 3.63) is 35.6 Å². The molecule has 0 saturated carbocycles. The number of nitrogens with one attached hydrogen (secondary N) is 1.